The fourth-order valence-corrected chi connectivity index (χ4v) is 2.36. The lowest BCUT2D eigenvalue weighted by Crippen LogP contribution is -2.28. The van der Waals surface area contributed by atoms with Crippen LogP contribution in [0.25, 0.3) is 11.0 Å². The summed E-state index contributed by atoms with van der Waals surface area (Å²) in [5.41, 5.74) is 5.29. The molecule has 1 aliphatic rings. The molecule has 3 rings (SSSR count). The highest BCUT2D eigenvalue weighted by Gasteiger charge is 2.28. The van der Waals surface area contributed by atoms with Crippen molar-refractivity contribution in [2.24, 2.45) is 5.73 Å². The zero-order valence-electron chi connectivity index (χ0n) is 11.7. The van der Waals surface area contributed by atoms with Gasteiger partial charge in [-0.05, 0) is 25.1 Å². The molecule has 0 spiro atoms. The SMILES string of the molecule is CC1=CCC(C(=O)Nc2c(C(N)=O)oc3cccc(F)c23)O1. The number of fused-ring (bicyclic) bond motifs is 1. The average molecular weight is 304 g/mol. The van der Waals surface area contributed by atoms with Crippen molar-refractivity contribution in [2.45, 2.75) is 19.4 Å². The maximum absolute atomic E-state index is 14.0. The Balaban J connectivity index is 2.00. The standard InChI is InChI=1S/C15H13FN2O4/c1-7-5-6-10(21-7)15(20)18-12-11-8(16)3-2-4-9(11)22-13(12)14(17)19/h2-5,10H,6H2,1H3,(H2,17,19)(H,18,20). The summed E-state index contributed by atoms with van der Waals surface area (Å²) in [6.07, 6.45) is 1.45. The molecule has 2 aromatic rings. The van der Waals surface area contributed by atoms with Gasteiger partial charge in [0, 0.05) is 6.42 Å². The third kappa shape index (κ3) is 2.30. The van der Waals surface area contributed by atoms with Gasteiger partial charge in [-0.1, -0.05) is 6.07 Å². The van der Waals surface area contributed by atoms with Crippen LogP contribution in [-0.4, -0.2) is 17.9 Å². The van der Waals surface area contributed by atoms with Gasteiger partial charge in [-0.2, -0.15) is 0 Å². The highest BCUT2D eigenvalue weighted by atomic mass is 19.1. The Morgan fingerprint density at radius 1 is 1.41 bits per heavy atom. The van der Waals surface area contributed by atoms with Crippen molar-refractivity contribution < 1.29 is 23.1 Å². The minimum atomic E-state index is -0.896. The average Bonchev–Trinajstić information content (AvgIpc) is 3.04. The molecule has 2 amide bonds. The number of hydrogen-bond donors (Lipinski definition) is 2. The quantitative estimate of drug-likeness (QED) is 0.909. The molecule has 0 saturated heterocycles. The lowest BCUT2D eigenvalue weighted by Gasteiger charge is -2.12. The zero-order chi connectivity index (χ0) is 15.9. The molecule has 1 aliphatic heterocycles. The molecule has 0 bridgehead atoms. The summed E-state index contributed by atoms with van der Waals surface area (Å²) in [6, 6.07) is 4.12. The maximum atomic E-state index is 14.0. The van der Waals surface area contributed by atoms with E-state index in [1.165, 1.54) is 18.2 Å². The van der Waals surface area contributed by atoms with Crippen molar-refractivity contribution >= 4 is 28.5 Å². The largest absolute Gasteiger partial charge is 0.485 e. The highest BCUT2D eigenvalue weighted by Crippen LogP contribution is 2.33. The molecule has 7 heteroatoms. The normalized spacial score (nSPS) is 17.2. The van der Waals surface area contributed by atoms with Gasteiger partial charge in [0.15, 0.2) is 6.10 Å². The summed E-state index contributed by atoms with van der Waals surface area (Å²) >= 11 is 0. The number of carbonyl (C=O) groups is 2. The smallest absolute Gasteiger partial charge is 0.286 e. The number of rotatable bonds is 3. The molecule has 6 nitrogen and oxygen atoms in total. The summed E-state index contributed by atoms with van der Waals surface area (Å²) in [7, 11) is 0. The topological polar surface area (TPSA) is 94.6 Å². The zero-order valence-corrected chi connectivity index (χ0v) is 11.7. The molecular formula is C15H13FN2O4. The predicted octanol–water partition coefficient (Wildman–Crippen LogP) is 2.30. The summed E-state index contributed by atoms with van der Waals surface area (Å²) < 4.78 is 24.6. The number of halogens is 1. The van der Waals surface area contributed by atoms with Crippen molar-refractivity contribution in [3.8, 4) is 0 Å². The number of primary amides is 1. The van der Waals surface area contributed by atoms with Crippen LogP contribution >= 0.6 is 0 Å². The van der Waals surface area contributed by atoms with E-state index in [0.717, 1.165) is 0 Å². The summed E-state index contributed by atoms with van der Waals surface area (Å²) in [5, 5.41) is 2.49. The van der Waals surface area contributed by atoms with Crippen LogP contribution in [0, 0.1) is 5.82 Å². The Kier molecular flexibility index (Phi) is 3.32. The fourth-order valence-electron chi connectivity index (χ4n) is 2.36. The van der Waals surface area contributed by atoms with Crippen LogP contribution in [0.1, 0.15) is 23.9 Å². The number of benzene rings is 1. The fraction of sp³-hybridized carbons (Fsp3) is 0.200. The van der Waals surface area contributed by atoms with E-state index in [4.69, 9.17) is 14.9 Å². The van der Waals surface area contributed by atoms with Gasteiger partial charge in [-0.3, -0.25) is 9.59 Å². The second-order valence-electron chi connectivity index (χ2n) is 4.93. The van der Waals surface area contributed by atoms with Crippen LogP contribution in [0.3, 0.4) is 0 Å². The van der Waals surface area contributed by atoms with E-state index in [1.54, 1.807) is 13.0 Å². The number of allylic oxidation sites excluding steroid dienone is 1. The Morgan fingerprint density at radius 3 is 2.82 bits per heavy atom. The number of amides is 2. The van der Waals surface area contributed by atoms with Crippen LogP contribution in [0.5, 0.6) is 0 Å². The van der Waals surface area contributed by atoms with Crippen LogP contribution in [0.15, 0.2) is 34.5 Å². The van der Waals surface area contributed by atoms with Crippen LogP contribution in [0.2, 0.25) is 0 Å². The molecule has 1 atom stereocenters. The first kappa shape index (κ1) is 14.1. The Hall–Kier alpha value is -2.83. The van der Waals surface area contributed by atoms with Gasteiger partial charge in [-0.15, -0.1) is 0 Å². The van der Waals surface area contributed by atoms with Crippen molar-refractivity contribution in [2.75, 3.05) is 5.32 Å². The lowest BCUT2D eigenvalue weighted by molar-refractivity contribution is -0.124. The van der Waals surface area contributed by atoms with E-state index < -0.39 is 23.7 Å². The first-order chi connectivity index (χ1) is 10.5. The Morgan fingerprint density at radius 2 is 2.18 bits per heavy atom. The molecule has 22 heavy (non-hydrogen) atoms. The molecule has 3 N–H and O–H groups in total. The second kappa shape index (κ2) is 5.18. The third-order valence-electron chi connectivity index (χ3n) is 3.38. The van der Waals surface area contributed by atoms with Crippen LogP contribution in [0.4, 0.5) is 10.1 Å². The number of ether oxygens (including phenoxy) is 1. The monoisotopic (exact) mass is 304 g/mol. The van der Waals surface area contributed by atoms with Gasteiger partial charge in [-0.25, -0.2) is 4.39 Å². The van der Waals surface area contributed by atoms with E-state index >= 15 is 0 Å². The van der Waals surface area contributed by atoms with E-state index in [0.29, 0.717) is 12.2 Å². The van der Waals surface area contributed by atoms with E-state index in [1.807, 2.05) is 0 Å². The molecule has 1 aromatic heterocycles. The highest BCUT2D eigenvalue weighted by molar-refractivity contribution is 6.11. The van der Waals surface area contributed by atoms with Crippen molar-refractivity contribution in [1.82, 2.24) is 0 Å². The Bertz CT molecular complexity index is 809. The summed E-state index contributed by atoms with van der Waals surface area (Å²) in [5.74, 6) is -1.67. The molecule has 1 aromatic carbocycles. The van der Waals surface area contributed by atoms with Crippen LogP contribution in [-0.2, 0) is 9.53 Å². The maximum Gasteiger partial charge on any atom is 0.286 e. The first-order valence-corrected chi connectivity index (χ1v) is 6.62. The first-order valence-electron chi connectivity index (χ1n) is 6.62. The van der Waals surface area contributed by atoms with Gasteiger partial charge >= 0.3 is 0 Å². The Labute approximate surface area is 124 Å². The second-order valence-corrected chi connectivity index (χ2v) is 4.93. The number of anilines is 1. The van der Waals surface area contributed by atoms with Gasteiger partial charge in [0.1, 0.15) is 17.1 Å². The predicted molar refractivity (Wildman–Crippen MR) is 76.6 cm³/mol. The third-order valence-corrected chi connectivity index (χ3v) is 3.38. The van der Waals surface area contributed by atoms with Crippen molar-refractivity contribution in [1.29, 1.82) is 0 Å². The van der Waals surface area contributed by atoms with Gasteiger partial charge in [0.25, 0.3) is 11.8 Å². The minimum absolute atomic E-state index is 0.00679. The number of nitrogens with one attached hydrogen (secondary N) is 1. The molecular weight excluding hydrogens is 291 g/mol. The number of furan rings is 1. The number of hydrogen-bond acceptors (Lipinski definition) is 4. The summed E-state index contributed by atoms with van der Waals surface area (Å²) in [4.78, 5) is 23.7. The number of nitrogens with two attached hydrogens (primary N) is 1. The molecule has 0 radical (unpaired) electrons. The minimum Gasteiger partial charge on any atom is -0.485 e. The van der Waals surface area contributed by atoms with Gasteiger partial charge < -0.3 is 20.2 Å². The molecule has 0 aliphatic carbocycles. The van der Waals surface area contributed by atoms with Crippen LogP contribution < -0.4 is 11.1 Å². The molecule has 1 unspecified atom stereocenters. The number of carbonyl (C=O) groups excluding carboxylic acids is 2. The van der Waals surface area contributed by atoms with E-state index in [2.05, 4.69) is 5.32 Å². The van der Waals surface area contributed by atoms with Gasteiger partial charge in [0.2, 0.25) is 5.76 Å². The van der Waals surface area contributed by atoms with E-state index in [-0.39, 0.29) is 22.4 Å². The van der Waals surface area contributed by atoms with Gasteiger partial charge in [0.05, 0.1) is 11.1 Å². The molecule has 0 saturated carbocycles. The molecule has 114 valence electrons. The van der Waals surface area contributed by atoms with E-state index in [9.17, 15) is 14.0 Å². The van der Waals surface area contributed by atoms with Crippen molar-refractivity contribution in [3.05, 3.63) is 41.6 Å². The molecule has 0 fully saturated rings. The lowest BCUT2D eigenvalue weighted by atomic mass is 10.2. The van der Waals surface area contributed by atoms with Crippen molar-refractivity contribution in [3.63, 3.8) is 0 Å². The summed E-state index contributed by atoms with van der Waals surface area (Å²) in [6.45, 7) is 1.73. The molecule has 2 heterocycles.